The molecule has 94 valence electrons. The van der Waals surface area contributed by atoms with Gasteiger partial charge >= 0.3 is 0 Å². The van der Waals surface area contributed by atoms with Crippen molar-refractivity contribution in [3.05, 3.63) is 52.1 Å². The van der Waals surface area contributed by atoms with Crippen LogP contribution < -0.4 is 9.47 Å². The highest BCUT2D eigenvalue weighted by atomic mass is 79.9. The molecule has 0 atom stereocenters. The van der Waals surface area contributed by atoms with Crippen molar-refractivity contribution in [3.63, 3.8) is 0 Å². The van der Waals surface area contributed by atoms with E-state index in [1.807, 2.05) is 37.3 Å². The number of hydrogen-bond donors (Lipinski definition) is 0. The molecule has 0 radical (unpaired) electrons. The van der Waals surface area contributed by atoms with Crippen LogP contribution in [-0.2, 0) is 6.61 Å². The Labute approximate surface area is 115 Å². The Morgan fingerprint density at radius 2 is 1.94 bits per heavy atom. The fourth-order valence-electron chi connectivity index (χ4n) is 1.55. The van der Waals surface area contributed by atoms with Crippen LogP contribution in [0.3, 0.4) is 0 Å². The molecule has 0 unspecified atom stereocenters. The maximum absolute atomic E-state index is 5.68. The van der Waals surface area contributed by atoms with Gasteiger partial charge in [0.25, 0.3) is 0 Å². The lowest BCUT2D eigenvalue weighted by molar-refractivity contribution is 0.291. The Balaban J connectivity index is 2.02. The van der Waals surface area contributed by atoms with Gasteiger partial charge in [-0.25, -0.2) is 4.98 Å². The second kappa shape index (κ2) is 5.87. The highest BCUT2D eigenvalue weighted by Gasteiger charge is 2.02. The minimum absolute atomic E-state index is 0.499. The predicted octanol–water partition coefficient (Wildman–Crippen LogP) is 3.74. The zero-order chi connectivity index (χ0) is 13.0. The topological polar surface area (TPSA) is 31.4 Å². The van der Waals surface area contributed by atoms with E-state index in [-0.39, 0.29) is 0 Å². The number of aryl methyl sites for hydroxylation is 1. The average Bonchev–Trinajstić information content (AvgIpc) is 2.38. The summed E-state index contributed by atoms with van der Waals surface area (Å²) in [5.41, 5.74) is 2.10. The second-order valence-electron chi connectivity index (χ2n) is 3.91. The Bertz CT molecular complexity index is 526. The lowest BCUT2D eigenvalue weighted by atomic mass is 10.2. The van der Waals surface area contributed by atoms with Crippen LogP contribution in [0, 0.1) is 6.92 Å². The fourth-order valence-corrected chi connectivity index (χ4v) is 2.00. The van der Waals surface area contributed by atoms with Crippen LogP contribution in [0.4, 0.5) is 0 Å². The molecule has 0 bridgehead atoms. The van der Waals surface area contributed by atoms with E-state index in [0.717, 1.165) is 21.3 Å². The number of rotatable bonds is 4. The molecule has 0 saturated heterocycles. The molecule has 0 spiro atoms. The van der Waals surface area contributed by atoms with Crippen molar-refractivity contribution in [2.45, 2.75) is 13.5 Å². The van der Waals surface area contributed by atoms with Gasteiger partial charge < -0.3 is 9.47 Å². The van der Waals surface area contributed by atoms with Crippen LogP contribution in [0.2, 0.25) is 0 Å². The normalized spacial score (nSPS) is 10.2. The predicted molar refractivity (Wildman–Crippen MR) is 74.0 cm³/mol. The zero-order valence-corrected chi connectivity index (χ0v) is 11.9. The SMILES string of the molecule is COc1ccc(COc2ncc(Br)cc2C)cc1. The van der Waals surface area contributed by atoms with Gasteiger partial charge in [-0.05, 0) is 46.6 Å². The summed E-state index contributed by atoms with van der Waals surface area (Å²) < 4.78 is 11.7. The number of pyridine rings is 1. The van der Waals surface area contributed by atoms with Gasteiger partial charge in [-0.15, -0.1) is 0 Å². The van der Waals surface area contributed by atoms with Crippen LogP contribution in [0.5, 0.6) is 11.6 Å². The summed E-state index contributed by atoms with van der Waals surface area (Å²) in [7, 11) is 1.65. The van der Waals surface area contributed by atoms with E-state index in [9.17, 15) is 0 Å². The number of nitrogens with zero attached hydrogens (tertiary/aromatic N) is 1. The summed E-state index contributed by atoms with van der Waals surface area (Å²) in [6, 6.07) is 9.78. The van der Waals surface area contributed by atoms with Crippen LogP contribution in [0.1, 0.15) is 11.1 Å². The molecule has 0 aliphatic carbocycles. The monoisotopic (exact) mass is 307 g/mol. The highest BCUT2D eigenvalue weighted by molar-refractivity contribution is 9.10. The molecule has 0 N–H and O–H groups in total. The van der Waals surface area contributed by atoms with Crippen LogP contribution in [-0.4, -0.2) is 12.1 Å². The van der Waals surface area contributed by atoms with E-state index in [1.54, 1.807) is 13.3 Å². The van der Waals surface area contributed by atoms with E-state index in [4.69, 9.17) is 9.47 Å². The van der Waals surface area contributed by atoms with Crippen LogP contribution in [0.25, 0.3) is 0 Å². The molecule has 2 aromatic rings. The number of ether oxygens (including phenoxy) is 2. The number of halogens is 1. The number of aromatic nitrogens is 1. The first kappa shape index (κ1) is 12.9. The third-order valence-electron chi connectivity index (χ3n) is 2.53. The van der Waals surface area contributed by atoms with Crippen LogP contribution in [0.15, 0.2) is 41.0 Å². The first-order chi connectivity index (χ1) is 8.69. The summed E-state index contributed by atoms with van der Waals surface area (Å²) in [6.07, 6.45) is 1.73. The van der Waals surface area contributed by atoms with Crippen molar-refractivity contribution in [1.82, 2.24) is 4.98 Å². The lowest BCUT2D eigenvalue weighted by Crippen LogP contribution is -1.99. The number of methoxy groups -OCH3 is 1. The molecule has 0 aliphatic heterocycles. The van der Waals surface area contributed by atoms with Crippen molar-refractivity contribution in [2.75, 3.05) is 7.11 Å². The first-order valence-electron chi connectivity index (χ1n) is 5.57. The maximum atomic E-state index is 5.68. The summed E-state index contributed by atoms with van der Waals surface area (Å²) in [5.74, 6) is 1.51. The van der Waals surface area contributed by atoms with E-state index in [2.05, 4.69) is 20.9 Å². The maximum Gasteiger partial charge on any atom is 0.216 e. The molecule has 3 nitrogen and oxygen atoms in total. The average molecular weight is 308 g/mol. The number of benzene rings is 1. The first-order valence-corrected chi connectivity index (χ1v) is 6.36. The van der Waals surface area contributed by atoms with Crippen molar-refractivity contribution < 1.29 is 9.47 Å². The third-order valence-corrected chi connectivity index (χ3v) is 2.97. The molecular weight excluding hydrogens is 294 g/mol. The van der Waals surface area contributed by atoms with E-state index in [1.165, 1.54) is 0 Å². The van der Waals surface area contributed by atoms with Crippen molar-refractivity contribution in [3.8, 4) is 11.6 Å². The summed E-state index contributed by atoms with van der Waals surface area (Å²) in [6.45, 7) is 2.47. The number of hydrogen-bond acceptors (Lipinski definition) is 3. The standard InChI is InChI=1S/C14H14BrNO2/c1-10-7-12(15)8-16-14(10)18-9-11-3-5-13(17-2)6-4-11/h3-8H,9H2,1-2H3. The molecule has 0 aliphatic rings. The van der Waals surface area contributed by atoms with Gasteiger partial charge in [0.05, 0.1) is 7.11 Å². The minimum atomic E-state index is 0.499. The Hall–Kier alpha value is -1.55. The van der Waals surface area contributed by atoms with Crippen molar-refractivity contribution in [1.29, 1.82) is 0 Å². The molecular formula is C14H14BrNO2. The molecule has 4 heteroatoms. The molecule has 18 heavy (non-hydrogen) atoms. The molecule has 0 amide bonds. The largest absolute Gasteiger partial charge is 0.497 e. The van der Waals surface area contributed by atoms with Crippen molar-refractivity contribution >= 4 is 15.9 Å². The summed E-state index contributed by atoms with van der Waals surface area (Å²) in [5, 5.41) is 0. The van der Waals surface area contributed by atoms with Gasteiger partial charge in [0.1, 0.15) is 12.4 Å². The Kier molecular flexibility index (Phi) is 4.20. The van der Waals surface area contributed by atoms with Gasteiger partial charge in [-0.3, -0.25) is 0 Å². The molecule has 0 saturated carbocycles. The summed E-state index contributed by atoms with van der Waals surface area (Å²) >= 11 is 3.38. The smallest absolute Gasteiger partial charge is 0.216 e. The van der Waals surface area contributed by atoms with Crippen molar-refractivity contribution in [2.24, 2.45) is 0 Å². The third kappa shape index (κ3) is 3.23. The lowest BCUT2D eigenvalue weighted by Gasteiger charge is -2.08. The van der Waals surface area contributed by atoms with Crippen LogP contribution >= 0.6 is 15.9 Å². The quantitative estimate of drug-likeness (QED) is 0.862. The van der Waals surface area contributed by atoms with Gasteiger partial charge in [0.2, 0.25) is 5.88 Å². The van der Waals surface area contributed by atoms with Gasteiger partial charge in [0, 0.05) is 16.2 Å². The molecule has 1 aromatic carbocycles. The van der Waals surface area contributed by atoms with E-state index < -0.39 is 0 Å². The molecule has 2 rings (SSSR count). The van der Waals surface area contributed by atoms with Gasteiger partial charge in [-0.1, -0.05) is 12.1 Å². The minimum Gasteiger partial charge on any atom is -0.497 e. The summed E-state index contributed by atoms with van der Waals surface area (Å²) in [4.78, 5) is 4.23. The Morgan fingerprint density at radius 3 is 2.56 bits per heavy atom. The zero-order valence-electron chi connectivity index (χ0n) is 10.3. The van der Waals surface area contributed by atoms with E-state index >= 15 is 0 Å². The fraction of sp³-hybridized carbons (Fsp3) is 0.214. The van der Waals surface area contributed by atoms with Gasteiger partial charge in [0.15, 0.2) is 0 Å². The Morgan fingerprint density at radius 1 is 1.22 bits per heavy atom. The highest BCUT2D eigenvalue weighted by Crippen LogP contribution is 2.20. The molecule has 0 fully saturated rings. The molecule has 1 heterocycles. The van der Waals surface area contributed by atoms with Gasteiger partial charge in [-0.2, -0.15) is 0 Å². The molecule has 1 aromatic heterocycles. The second-order valence-corrected chi connectivity index (χ2v) is 4.83. The van der Waals surface area contributed by atoms with E-state index in [0.29, 0.717) is 12.5 Å².